The zero-order valence-corrected chi connectivity index (χ0v) is 17.5. The van der Waals surface area contributed by atoms with Gasteiger partial charge in [-0.15, -0.1) is 0 Å². The van der Waals surface area contributed by atoms with E-state index in [4.69, 9.17) is 4.42 Å². The van der Waals surface area contributed by atoms with Crippen LogP contribution in [0, 0.1) is 0 Å². The zero-order valence-electron chi connectivity index (χ0n) is 17.5. The molecule has 1 unspecified atom stereocenters. The Morgan fingerprint density at radius 3 is 2.87 bits per heavy atom. The molecule has 1 N–H and O–H groups in total. The second-order valence-electron chi connectivity index (χ2n) is 8.22. The number of amides is 2. The van der Waals surface area contributed by atoms with Gasteiger partial charge in [0.1, 0.15) is 5.76 Å². The fourth-order valence-electron chi connectivity index (χ4n) is 4.56. The Balaban J connectivity index is 1.33. The maximum absolute atomic E-state index is 13.0. The van der Waals surface area contributed by atoms with Gasteiger partial charge < -0.3 is 19.5 Å². The molecule has 5 rings (SSSR count). The lowest BCUT2D eigenvalue weighted by molar-refractivity contribution is -0.117. The van der Waals surface area contributed by atoms with Crippen LogP contribution in [0.4, 0.5) is 17.1 Å². The van der Waals surface area contributed by atoms with E-state index in [0.717, 1.165) is 25.1 Å². The van der Waals surface area contributed by atoms with E-state index in [1.807, 2.05) is 30.3 Å². The topological polar surface area (TPSA) is 65.8 Å². The Hall–Kier alpha value is -3.54. The molecule has 0 radical (unpaired) electrons. The van der Waals surface area contributed by atoms with Crippen molar-refractivity contribution in [1.29, 1.82) is 0 Å². The van der Waals surface area contributed by atoms with Gasteiger partial charge in [-0.1, -0.05) is 24.3 Å². The van der Waals surface area contributed by atoms with E-state index in [2.05, 4.69) is 35.3 Å². The molecule has 0 spiro atoms. The first kappa shape index (κ1) is 19.4. The molecule has 2 aliphatic heterocycles. The zero-order chi connectivity index (χ0) is 21.4. The van der Waals surface area contributed by atoms with Crippen molar-refractivity contribution >= 4 is 28.9 Å². The molecule has 1 aromatic heterocycles. The maximum atomic E-state index is 13.0. The Morgan fingerprint density at radius 2 is 2.03 bits per heavy atom. The summed E-state index contributed by atoms with van der Waals surface area (Å²) in [6, 6.07) is 17.9. The van der Waals surface area contributed by atoms with Crippen molar-refractivity contribution < 1.29 is 14.0 Å². The SMILES string of the molecule is CC1Cc2ccccc2N1Cc1occc1C(=O)Nc1cccc(N2CCCC2=O)c1. The number of anilines is 3. The van der Waals surface area contributed by atoms with E-state index in [9.17, 15) is 9.59 Å². The number of rotatable bonds is 5. The summed E-state index contributed by atoms with van der Waals surface area (Å²) in [4.78, 5) is 29.1. The molecule has 0 saturated carbocycles. The smallest absolute Gasteiger partial charge is 0.259 e. The van der Waals surface area contributed by atoms with Gasteiger partial charge in [-0.3, -0.25) is 9.59 Å². The summed E-state index contributed by atoms with van der Waals surface area (Å²) in [7, 11) is 0. The third-order valence-electron chi connectivity index (χ3n) is 6.14. The summed E-state index contributed by atoms with van der Waals surface area (Å²) < 4.78 is 5.71. The molecule has 2 aromatic carbocycles. The van der Waals surface area contributed by atoms with Crippen LogP contribution < -0.4 is 15.1 Å². The van der Waals surface area contributed by atoms with E-state index in [1.165, 1.54) is 11.3 Å². The van der Waals surface area contributed by atoms with Crippen LogP contribution in [0.15, 0.2) is 65.3 Å². The Morgan fingerprint density at radius 1 is 1.16 bits per heavy atom. The van der Waals surface area contributed by atoms with Gasteiger partial charge in [-0.25, -0.2) is 0 Å². The minimum absolute atomic E-state index is 0.126. The van der Waals surface area contributed by atoms with Crippen molar-refractivity contribution in [3.8, 4) is 0 Å². The fraction of sp³-hybridized carbons (Fsp3) is 0.280. The van der Waals surface area contributed by atoms with Gasteiger partial charge in [-0.05, 0) is 55.7 Å². The summed E-state index contributed by atoms with van der Waals surface area (Å²) in [6.07, 6.45) is 4.00. The number of para-hydroxylation sites is 1. The number of carbonyl (C=O) groups is 2. The molecule has 158 valence electrons. The van der Waals surface area contributed by atoms with Crippen molar-refractivity contribution in [2.45, 2.75) is 38.8 Å². The van der Waals surface area contributed by atoms with Crippen molar-refractivity contribution in [2.24, 2.45) is 0 Å². The number of nitrogens with zero attached hydrogens (tertiary/aromatic N) is 2. The fourth-order valence-corrected chi connectivity index (χ4v) is 4.56. The summed E-state index contributed by atoms with van der Waals surface area (Å²) in [6.45, 7) is 3.45. The molecule has 1 saturated heterocycles. The summed E-state index contributed by atoms with van der Waals surface area (Å²) in [5, 5.41) is 2.96. The first-order valence-electron chi connectivity index (χ1n) is 10.7. The highest BCUT2D eigenvalue weighted by Crippen LogP contribution is 2.34. The van der Waals surface area contributed by atoms with E-state index < -0.39 is 0 Å². The van der Waals surface area contributed by atoms with E-state index >= 15 is 0 Å². The van der Waals surface area contributed by atoms with Gasteiger partial charge in [0.05, 0.1) is 18.4 Å². The quantitative estimate of drug-likeness (QED) is 0.661. The van der Waals surface area contributed by atoms with Gasteiger partial charge in [0.25, 0.3) is 5.91 Å². The molecule has 3 aromatic rings. The molecule has 0 aliphatic carbocycles. The van der Waals surface area contributed by atoms with Crippen LogP contribution in [-0.4, -0.2) is 24.4 Å². The van der Waals surface area contributed by atoms with E-state index in [0.29, 0.717) is 36.0 Å². The average Bonchev–Trinajstić information content (AvgIpc) is 3.48. The van der Waals surface area contributed by atoms with Crippen molar-refractivity contribution in [2.75, 3.05) is 21.7 Å². The number of nitrogens with one attached hydrogen (secondary N) is 1. The molecule has 6 heteroatoms. The first-order chi connectivity index (χ1) is 15.1. The van der Waals surface area contributed by atoms with Crippen LogP contribution in [0.3, 0.4) is 0 Å². The van der Waals surface area contributed by atoms with Crippen LogP contribution >= 0.6 is 0 Å². The predicted molar refractivity (Wildman–Crippen MR) is 120 cm³/mol. The summed E-state index contributed by atoms with van der Waals surface area (Å²) in [5.41, 5.74) is 4.52. The van der Waals surface area contributed by atoms with Crippen LogP contribution in [0.1, 0.15) is 41.4 Å². The Bertz CT molecular complexity index is 1140. The minimum atomic E-state index is -0.214. The lowest BCUT2D eigenvalue weighted by Crippen LogP contribution is -2.29. The highest BCUT2D eigenvalue weighted by atomic mass is 16.3. The largest absolute Gasteiger partial charge is 0.467 e. The van der Waals surface area contributed by atoms with Crippen LogP contribution in [0.25, 0.3) is 0 Å². The van der Waals surface area contributed by atoms with Gasteiger partial charge in [0.15, 0.2) is 0 Å². The van der Waals surface area contributed by atoms with Gasteiger partial charge in [0.2, 0.25) is 5.91 Å². The highest BCUT2D eigenvalue weighted by molar-refractivity contribution is 6.05. The summed E-state index contributed by atoms with van der Waals surface area (Å²) >= 11 is 0. The van der Waals surface area contributed by atoms with Crippen molar-refractivity contribution in [1.82, 2.24) is 0 Å². The lowest BCUT2D eigenvalue weighted by Gasteiger charge is -2.24. The Kier molecular flexibility index (Phi) is 4.98. The highest BCUT2D eigenvalue weighted by Gasteiger charge is 2.28. The number of furan rings is 1. The molecular formula is C25H25N3O3. The first-order valence-corrected chi connectivity index (χ1v) is 10.7. The molecule has 1 atom stereocenters. The molecule has 0 bridgehead atoms. The van der Waals surface area contributed by atoms with Gasteiger partial charge >= 0.3 is 0 Å². The molecule has 6 nitrogen and oxygen atoms in total. The Labute approximate surface area is 181 Å². The van der Waals surface area contributed by atoms with Gasteiger partial charge in [-0.2, -0.15) is 0 Å². The van der Waals surface area contributed by atoms with E-state index in [1.54, 1.807) is 17.2 Å². The van der Waals surface area contributed by atoms with Crippen LogP contribution in [0.5, 0.6) is 0 Å². The summed E-state index contributed by atoms with van der Waals surface area (Å²) in [5.74, 6) is 0.557. The average molecular weight is 415 g/mol. The number of hydrogen-bond acceptors (Lipinski definition) is 4. The third-order valence-corrected chi connectivity index (χ3v) is 6.14. The van der Waals surface area contributed by atoms with Crippen molar-refractivity contribution in [3.63, 3.8) is 0 Å². The lowest BCUT2D eigenvalue weighted by atomic mass is 10.1. The second-order valence-corrected chi connectivity index (χ2v) is 8.22. The number of hydrogen-bond donors (Lipinski definition) is 1. The minimum Gasteiger partial charge on any atom is -0.467 e. The molecule has 2 aliphatic rings. The molecule has 31 heavy (non-hydrogen) atoms. The van der Waals surface area contributed by atoms with Crippen LogP contribution in [-0.2, 0) is 17.8 Å². The molecular weight excluding hydrogens is 390 g/mol. The standard InChI is InChI=1S/C25H25N3O3/c1-17-14-18-6-2-3-9-22(18)28(17)16-23-21(11-13-31-23)25(30)26-19-7-4-8-20(15-19)27-12-5-10-24(27)29/h2-4,6-9,11,13,15,17H,5,10,12,14,16H2,1H3,(H,26,30). The molecule has 2 amide bonds. The normalized spacial score (nSPS) is 17.8. The number of fused-ring (bicyclic) bond motifs is 1. The molecule has 1 fully saturated rings. The molecule has 3 heterocycles. The van der Waals surface area contributed by atoms with Crippen molar-refractivity contribution in [3.05, 3.63) is 77.7 Å². The van der Waals surface area contributed by atoms with Crippen LogP contribution in [0.2, 0.25) is 0 Å². The third kappa shape index (κ3) is 3.69. The predicted octanol–water partition coefficient (Wildman–Crippen LogP) is 4.61. The number of benzene rings is 2. The maximum Gasteiger partial charge on any atom is 0.259 e. The van der Waals surface area contributed by atoms with Gasteiger partial charge in [0, 0.05) is 36.1 Å². The monoisotopic (exact) mass is 415 g/mol. The second kappa shape index (κ2) is 7.95. The van der Waals surface area contributed by atoms with E-state index in [-0.39, 0.29) is 11.8 Å². The number of carbonyl (C=O) groups excluding carboxylic acids is 2.